The zero-order valence-electron chi connectivity index (χ0n) is 11.7. The van der Waals surface area contributed by atoms with Crippen molar-refractivity contribution >= 4 is 11.9 Å². The van der Waals surface area contributed by atoms with Crippen LogP contribution in [0.5, 0.6) is 0 Å². The second-order valence-corrected chi connectivity index (χ2v) is 5.46. The van der Waals surface area contributed by atoms with Crippen molar-refractivity contribution in [1.29, 1.82) is 0 Å². The number of amides is 1. The summed E-state index contributed by atoms with van der Waals surface area (Å²) in [6.45, 7) is 2.27. The number of likely N-dealkylation sites (N-methyl/N-ethyl adjacent to an activating group) is 1. The van der Waals surface area contributed by atoms with Crippen LogP contribution in [-0.4, -0.2) is 60.4 Å². The molecule has 19 heavy (non-hydrogen) atoms. The molecule has 0 bridgehead atoms. The van der Waals surface area contributed by atoms with Gasteiger partial charge < -0.3 is 19.8 Å². The molecule has 0 aromatic heterocycles. The molecule has 6 nitrogen and oxygen atoms in total. The first-order valence-electron chi connectivity index (χ1n) is 6.51. The maximum absolute atomic E-state index is 12.3. The van der Waals surface area contributed by atoms with Crippen molar-refractivity contribution < 1.29 is 24.5 Å². The normalized spacial score (nSPS) is 28.1. The van der Waals surface area contributed by atoms with Gasteiger partial charge in [-0.1, -0.05) is 6.92 Å². The molecule has 1 aliphatic rings. The van der Waals surface area contributed by atoms with E-state index in [0.29, 0.717) is 12.8 Å². The van der Waals surface area contributed by atoms with Crippen molar-refractivity contribution in [2.75, 3.05) is 27.3 Å². The number of carbonyl (C=O) groups excluding carboxylic acids is 1. The van der Waals surface area contributed by atoms with Gasteiger partial charge in [0.25, 0.3) is 0 Å². The van der Waals surface area contributed by atoms with Gasteiger partial charge in [0.15, 0.2) is 0 Å². The summed E-state index contributed by atoms with van der Waals surface area (Å²) in [5.74, 6) is -1.95. The van der Waals surface area contributed by atoms with E-state index >= 15 is 0 Å². The summed E-state index contributed by atoms with van der Waals surface area (Å²) in [7, 11) is 3.06. The summed E-state index contributed by atoms with van der Waals surface area (Å²) in [4.78, 5) is 24.8. The van der Waals surface area contributed by atoms with Crippen molar-refractivity contribution in [2.45, 2.75) is 25.9 Å². The fourth-order valence-electron chi connectivity index (χ4n) is 2.77. The second kappa shape index (κ2) is 6.86. The molecule has 0 spiro atoms. The number of nitrogens with zero attached hydrogens (tertiary/aromatic N) is 1. The van der Waals surface area contributed by atoms with Crippen LogP contribution in [0.1, 0.15) is 19.8 Å². The van der Waals surface area contributed by atoms with E-state index in [2.05, 4.69) is 0 Å². The zero-order chi connectivity index (χ0) is 14.6. The van der Waals surface area contributed by atoms with Crippen LogP contribution >= 0.6 is 0 Å². The average molecular weight is 273 g/mol. The molecule has 0 heterocycles. The molecule has 0 radical (unpaired) electrons. The molecule has 110 valence electrons. The lowest BCUT2D eigenvalue weighted by Crippen LogP contribution is -2.41. The summed E-state index contributed by atoms with van der Waals surface area (Å²) >= 11 is 0. The summed E-state index contributed by atoms with van der Waals surface area (Å²) in [6.07, 6.45) is 0.391. The van der Waals surface area contributed by atoms with E-state index in [0.717, 1.165) is 0 Å². The van der Waals surface area contributed by atoms with E-state index in [1.165, 1.54) is 12.0 Å². The van der Waals surface area contributed by atoms with Crippen molar-refractivity contribution in [1.82, 2.24) is 4.90 Å². The van der Waals surface area contributed by atoms with Crippen LogP contribution in [0.25, 0.3) is 0 Å². The lowest BCUT2D eigenvalue weighted by atomic mass is 9.95. The minimum Gasteiger partial charge on any atom is -0.481 e. The highest BCUT2D eigenvalue weighted by Crippen LogP contribution is 2.37. The molecule has 0 saturated heterocycles. The summed E-state index contributed by atoms with van der Waals surface area (Å²) in [5, 5.41) is 18.8. The largest absolute Gasteiger partial charge is 0.481 e. The first-order valence-corrected chi connectivity index (χ1v) is 6.51. The van der Waals surface area contributed by atoms with Crippen LogP contribution in [0, 0.1) is 17.8 Å². The Morgan fingerprint density at radius 3 is 2.47 bits per heavy atom. The molecule has 1 rings (SSSR count). The van der Waals surface area contributed by atoms with Gasteiger partial charge in [0.2, 0.25) is 5.91 Å². The SMILES string of the molecule is COCC(O)CN(C)C(=O)[C@H]1CC(C)C[C@H]1C(=O)O. The fraction of sp³-hybridized carbons (Fsp3) is 0.846. The van der Waals surface area contributed by atoms with Crippen molar-refractivity contribution in [3.8, 4) is 0 Å². The lowest BCUT2D eigenvalue weighted by Gasteiger charge is -2.25. The number of aliphatic carboxylic acids is 1. The number of aliphatic hydroxyl groups is 1. The number of carboxylic acid groups (broad SMARTS) is 1. The zero-order valence-corrected chi connectivity index (χ0v) is 11.7. The molecular formula is C13H23NO5. The van der Waals surface area contributed by atoms with Gasteiger partial charge in [0.05, 0.1) is 24.5 Å². The Morgan fingerprint density at radius 2 is 1.95 bits per heavy atom. The van der Waals surface area contributed by atoms with Crippen LogP contribution in [0.3, 0.4) is 0 Å². The predicted molar refractivity (Wildman–Crippen MR) is 68.5 cm³/mol. The smallest absolute Gasteiger partial charge is 0.307 e. The van der Waals surface area contributed by atoms with Crippen molar-refractivity contribution in [3.05, 3.63) is 0 Å². The molecule has 2 N–H and O–H groups in total. The monoisotopic (exact) mass is 273 g/mol. The average Bonchev–Trinajstić information content (AvgIpc) is 2.70. The number of methoxy groups -OCH3 is 1. The molecule has 0 aromatic rings. The molecule has 0 aromatic carbocycles. The van der Waals surface area contributed by atoms with Crippen LogP contribution in [0.2, 0.25) is 0 Å². The van der Waals surface area contributed by atoms with Gasteiger partial charge in [-0.25, -0.2) is 0 Å². The minimum atomic E-state index is -0.909. The Balaban J connectivity index is 2.62. The molecular weight excluding hydrogens is 250 g/mol. The van der Waals surface area contributed by atoms with Gasteiger partial charge in [-0.3, -0.25) is 9.59 Å². The first kappa shape index (κ1) is 15.9. The number of rotatable bonds is 6. The Labute approximate surface area is 113 Å². The fourth-order valence-corrected chi connectivity index (χ4v) is 2.77. The highest BCUT2D eigenvalue weighted by Gasteiger charge is 2.42. The lowest BCUT2D eigenvalue weighted by molar-refractivity contribution is -0.149. The Kier molecular flexibility index (Phi) is 5.75. The number of carboxylic acids is 1. The predicted octanol–water partition coefficient (Wildman–Crippen LogP) is 0.199. The van der Waals surface area contributed by atoms with Crippen molar-refractivity contribution in [2.24, 2.45) is 17.8 Å². The third kappa shape index (κ3) is 4.18. The molecule has 1 aliphatic carbocycles. The number of aliphatic hydroxyl groups excluding tert-OH is 1. The van der Waals surface area contributed by atoms with Gasteiger partial charge >= 0.3 is 5.97 Å². The van der Waals surface area contributed by atoms with E-state index in [1.54, 1.807) is 7.05 Å². The van der Waals surface area contributed by atoms with Crippen molar-refractivity contribution in [3.63, 3.8) is 0 Å². The molecule has 2 unspecified atom stereocenters. The number of carbonyl (C=O) groups is 2. The summed E-state index contributed by atoms with van der Waals surface area (Å²) in [6, 6.07) is 0. The van der Waals surface area contributed by atoms with E-state index in [1.807, 2.05) is 6.92 Å². The molecule has 1 amide bonds. The number of ether oxygens (including phenoxy) is 1. The van der Waals surface area contributed by atoms with Gasteiger partial charge in [-0.2, -0.15) is 0 Å². The second-order valence-electron chi connectivity index (χ2n) is 5.46. The molecule has 1 fully saturated rings. The van der Waals surface area contributed by atoms with Gasteiger partial charge in [-0.15, -0.1) is 0 Å². The van der Waals surface area contributed by atoms with Crippen LogP contribution in [-0.2, 0) is 14.3 Å². The van der Waals surface area contributed by atoms with Gasteiger partial charge in [0, 0.05) is 20.7 Å². The summed E-state index contributed by atoms with van der Waals surface area (Å²) < 4.78 is 4.80. The quantitative estimate of drug-likeness (QED) is 0.722. The third-order valence-electron chi connectivity index (χ3n) is 3.65. The number of hydrogen-bond acceptors (Lipinski definition) is 4. The molecule has 4 atom stereocenters. The van der Waals surface area contributed by atoms with Gasteiger partial charge in [-0.05, 0) is 18.8 Å². The molecule has 6 heteroatoms. The third-order valence-corrected chi connectivity index (χ3v) is 3.65. The summed E-state index contributed by atoms with van der Waals surface area (Å²) in [5.41, 5.74) is 0. The van der Waals surface area contributed by atoms with Crippen LogP contribution in [0.15, 0.2) is 0 Å². The van der Waals surface area contributed by atoms with E-state index in [9.17, 15) is 14.7 Å². The maximum Gasteiger partial charge on any atom is 0.307 e. The topological polar surface area (TPSA) is 87.1 Å². The minimum absolute atomic E-state index is 0.154. The number of hydrogen-bond donors (Lipinski definition) is 2. The first-order chi connectivity index (χ1) is 8.86. The van der Waals surface area contributed by atoms with E-state index in [-0.39, 0.29) is 25.0 Å². The van der Waals surface area contributed by atoms with Crippen LogP contribution in [0.4, 0.5) is 0 Å². The highest BCUT2D eigenvalue weighted by molar-refractivity contribution is 5.85. The molecule has 1 saturated carbocycles. The molecule has 0 aliphatic heterocycles. The van der Waals surface area contributed by atoms with E-state index < -0.39 is 23.9 Å². The van der Waals surface area contributed by atoms with Crippen LogP contribution < -0.4 is 0 Å². The highest BCUT2D eigenvalue weighted by atomic mass is 16.5. The Hall–Kier alpha value is -1.14. The Morgan fingerprint density at radius 1 is 1.37 bits per heavy atom. The Bertz CT molecular complexity index is 333. The standard InChI is InChI=1S/C13H23NO5/c1-8-4-10(11(5-8)13(17)18)12(16)14(2)6-9(15)7-19-3/h8-11,15H,4-7H2,1-3H3,(H,17,18)/t8?,9?,10-,11+/m0/s1. The van der Waals surface area contributed by atoms with Gasteiger partial charge in [0.1, 0.15) is 0 Å². The van der Waals surface area contributed by atoms with E-state index in [4.69, 9.17) is 9.84 Å². The maximum atomic E-state index is 12.3.